The average Bonchev–Trinajstić information content (AvgIpc) is 2.73. The molecule has 0 aliphatic carbocycles. The molecule has 3 aromatic rings. The molecule has 3 N–H and O–H groups in total. The van der Waals surface area contributed by atoms with Crippen LogP contribution in [0.4, 0.5) is 17.1 Å². The minimum absolute atomic E-state index is 0.0528. The summed E-state index contributed by atoms with van der Waals surface area (Å²) in [6.07, 6.45) is 1.36. The Bertz CT molecular complexity index is 1170. The quantitative estimate of drug-likeness (QED) is 0.606. The zero-order chi connectivity index (χ0) is 21.5. The first-order valence-corrected chi connectivity index (χ1v) is 8.91. The Hall–Kier alpha value is -4.51. The van der Waals surface area contributed by atoms with E-state index in [0.717, 1.165) is 0 Å². The molecular weight excluding hydrogens is 382 g/mol. The number of nitriles is 1. The second-order valence-corrected chi connectivity index (χ2v) is 6.29. The van der Waals surface area contributed by atoms with E-state index < -0.39 is 11.8 Å². The van der Waals surface area contributed by atoms with E-state index in [1.165, 1.54) is 31.3 Å². The molecule has 0 bridgehead atoms. The van der Waals surface area contributed by atoms with Gasteiger partial charge in [-0.2, -0.15) is 5.26 Å². The van der Waals surface area contributed by atoms with Crippen LogP contribution in [0.3, 0.4) is 0 Å². The van der Waals surface area contributed by atoms with Gasteiger partial charge in [-0.3, -0.25) is 19.4 Å². The van der Waals surface area contributed by atoms with Crippen molar-refractivity contribution in [3.05, 3.63) is 83.7 Å². The first-order valence-electron chi connectivity index (χ1n) is 8.91. The molecule has 0 fully saturated rings. The summed E-state index contributed by atoms with van der Waals surface area (Å²) >= 11 is 0. The van der Waals surface area contributed by atoms with E-state index in [9.17, 15) is 14.4 Å². The lowest BCUT2D eigenvalue weighted by atomic mass is 10.2. The van der Waals surface area contributed by atoms with Crippen molar-refractivity contribution in [2.24, 2.45) is 0 Å². The van der Waals surface area contributed by atoms with E-state index in [4.69, 9.17) is 5.26 Å². The topological polar surface area (TPSA) is 124 Å². The summed E-state index contributed by atoms with van der Waals surface area (Å²) in [6.45, 7) is 1.39. The van der Waals surface area contributed by atoms with Crippen LogP contribution in [0.5, 0.6) is 0 Å². The van der Waals surface area contributed by atoms with E-state index in [-0.39, 0.29) is 17.2 Å². The Balaban J connectivity index is 1.73. The van der Waals surface area contributed by atoms with E-state index in [2.05, 4.69) is 20.9 Å². The first kappa shape index (κ1) is 20.2. The molecule has 148 valence electrons. The van der Waals surface area contributed by atoms with Crippen LogP contribution in [-0.2, 0) is 4.79 Å². The van der Waals surface area contributed by atoms with Crippen LogP contribution in [0.15, 0.2) is 66.9 Å². The Labute approximate surface area is 172 Å². The zero-order valence-electron chi connectivity index (χ0n) is 16.0. The molecule has 0 aliphatic heterocycles. The lowest BCUT2D eigenvalue weighted by Gasteiger charge is -2.09. The normalized spacial score (nSPS) is 9.87. The van der Waals surface area contributed by atoms with Gasteiger partial charge in [0.05, 0.1) is 11.6 Å². The molecule has 0 atom stereocenters. The summed E-state index contributed by atoms with van der Waals surface area (Å²) in [7, 11) is 0. The molecule has 8 heteroatoms. The maximum Gasteiger partial charge on any atom is 0.274 e. The summed E-state index contributed by atoms with van der Waals surface area (Å²) in [5, 5.41) is 17.0. The minimum Gasteiger partial charge on any atom is -0.326 e. The average molecular weight is 399 g/mol. The number of aromatic nitrogens is 1. The number of benzene rings is 2. The van der Waals surface area contributed by atoms with Crippen LogP contribution in [0.2, 0.25) is 0 Å². The molecule has 0 spiro atoms. The lowest BCUT2D eigenvalue weighted by Crippen LogP contribution is -2.17. The van der Waals surface area contributed by atoms with Gasteiger partial charge in [-0.05, 0) is 48.5 Å². The zero-order valence-corrected chi connectivity index (χ0v) is 16.0. The molecule has 0 aliphatic rings. The van der Waals surface area contributed by atoms with Gasteiger partial charge in [-0.15, -0.1) is 0 Å². The highest BCUT2D eigenvalue weighted by Crippen LogP contribution is 2.17. The van der Waals surface area contributed by atoms with Gasteiger partial charge in [0.1, 0.15) is 5.69 Å². The van der Waals surface area contributed by atoms with Crippen molar-refractivity contribution in [2.75, 3.05) is 16.0 Å². The molecule has 3 rings (SSSR count). The van der Waals surface area contributed by atoms with Crippen molar-refractivity contribution in [3.63, 3.8) is 0 Å². The molecular formula is C22H17N5O3. The highest BCUT2D eigenvalue weighted by atomic mass is 16.2. The first-order chi connectivity index (χ1) is 14.4. The van der Waals surface area contributed by atoms with Crippen molar-refractivity contribution >= 4 is 34.8 Å². The molecule has 0 saturated heterocycles. The Morgan fingerprint density at radius 3 is 2.17 bits per heavy atom. The third-order valence-corrected chi connectivity index (χ3v) is 3.95. The molecule has 8 nitrogen and oxygen atoms in total. The monoisotopic (exact) mass is 399 g/mol. The van der Waals surface area contributed by atoms with Crippen molar-refractivity contribution in [3.8, 4) is 6.07 Å². The lowest BCUT2D eigenvalue weighted by molar-refractivity contribution is -0.114. The standard InChI is InChI=1S/C22H17N5O3/c1-14(28)25-18-6-3-7-19(12-18)26-21(29)16-8-9-24-20(11-16)22(30)27-17-5-2-4-15(10-17)13-23/h2-12H,1H3,(H,25,28)(H,26,29)(H,27,30). The fraction of sp³-hybridized carbons (Fsp3) is 0.0455. The van der Waals surface area contributed by atoms with Crippen LogP contribution in [-0.4, -0.2) is 22.7 Å². The highest BCUT2D eigenvalue weighted by molar-refractivity contribution is 6.08. The van der Waals surface area contributed by atoms with Crippen LogP contribution < -0.4 is 16.0 Å². The third kappa shape index (κ3) is 5.27. The minimum atomic E-state index is -0.507. The maximum atomic E-state index is 12.6. The van der Waals surface area contributed by atoms with E-state index in [1.807, 2.05) is 6.07 Å². The van der Waals surface area contributed by atoms with Crippen LogP contribution in [0, 0.1) is 11.3 Å². The fourth-order valence-corrected chi connectivity index (χ4v) is 2.64. The van der Waals surface area contributed by atoms with E-state index >= 15 is 0 Å². The number of nitrogens with one attached hydrogen (secondary N) is 3. The summed E-state index contributed by atoms with van der Waals surface area (Å²) in [5.41, 5.74) is 2.20. The number of carbonyl (C=O) groups is 3. The molecule has 0 unspecified atom stereocenters. The number of hydrogen-bond acceptors (Lipinski definition) is 5. The van der Waals surface area contributed by atoms with Gasteiger partial charge in [0, 0.05) is 35.7 Å². The smallest absolute Gasteiger partial charge is 0.274 e. The van der Waals surface area contributed by atoms with Gasteiger partial charge in [-0.1, -0.05) is 12.1 Å². The van der Waals surface area contributed by atoms with Crippen molar-refractivity contribution < 1.29 is 14.4 Å². The Kier molecular flexibility index (Phi) is 6.15. The van der Waals surface area contributed by atoms with Crippen molar-refractivity contribution in [1.82, 2.24) is 4.98 Å². The van der Waals surface area contributed by atoms with Crippen molar-refractivity contribution in [2.45, 2.75) is 6.92 Å². The summed E-state index contributed by atoms with van der Waals surface area (Å²) in [4.78, 5) is 40.2. The molecule has 30 heavy (non-hydrogen) atoms. The van der Waals surface area contributed by atoms with Crippen LogP contribution >= 0.6 is 0 Å². The predicted molar refractivity (Wildman–Crippen MR) is 112 cm³/mol. The van der Waals surface area contributed by atoms with Gasteiger partial charge in [0.25, 0.3) is 11.8 Å². The van der Waals surface area contributed by atoms with Crippen LogP contribution in [0.25, 0.3) is 0 Å². The number of rotatable bonds is 5. The Morgan fingerprint density at radius 1 is 0.833 bits per heavy atom. The van der Waals surface area contributed by atoms with Gasteiger partial charge >= 0.3 is 0 Å². The number of pyridine rings is 1. The summed E-state index contributed by atoms with van der Waals surface area (Å²) in [5.74, 6) is -1.16. The fourth-order valence-electron chi connectivity index (χ4n) is 2.64. The molecule has 0 saturated carbocycles. The molecule has 2 aromatic carbocycles. The highest BCUT2D eigenvalue weighted by Gasteiger charge is 2.13. The molecule has 1 heterocycles. The number of hydrogen-bond donors (Lipinski definition) is 3. The molecule has 1 aromatic heterocycles. The number of anilines is 3. The molecule has 0 radical (unpaired) electrons. The number of amides is 3. The predicted octanol–water partition coefficient (Wildman–Crippen LogP) is 3.42. The Morgan fingerprint density at radius 2 is 1.47 bits per heavy atom. The van der Waals surface area contributed by atoms with Crippen molar-refractivity contribution in [1.29, 1.82) is 5.26 Å². The SMILES string of the molecule is CC(=O)Nc1cccc(NC(=O)c2ccnc(C(=O)Nc3cccc(C#N)c3)c2)c1. The second kappa shape index (κ2) is 9.12. The number of nitrogens with zero attached hydrogens (tertiary/aromatic N) is 2. The van der Waals surface area contributed by atoms with E-state index in [0.29, 0.717) is 22.6 Å². The summed E-state index contributed by atoms with van der Waals surface area (Å²) < 4.78 is 0. The van der Waals surface area contributed by atoms with Gasteiger partial charge in [0.2, 0.25) is 5.91 Å². The molecule has 3 amide bonds. The van der Waals surface area contributed by atoms with Crippen LogP contribution in [0.1, 0.15) is 33.3 Å². The van der Waals surface area contributed by atoms with Gasteiger partial charge in [0.15, 0.2) is 0 Å². The second-order valence-electron chi connectivity index (χ2n) is 6.29. The third-order valence-electron chi connectivity index (χ3n) is 3.95. The largest absolute Gasteiger partial charge is 0.326 e. The van der Waals surface area contributed by atoms with E-state index in [1.54, 1.807) is 42.5 Å². The maximum absolute atomic E-state index is 12.6. The van der Waals surface area contributed by atoms with Gasteiger partial charge < -0.3 is 16.0 Å². The van der Waals surface area contributed by atoms with Gasteiger partial charge in [-0.25, -0.2) is 0 Å². The number of carbonyl (C=O) groups excluding carboxylic acids is 3. The summed E-state index contributed by atoms with van der Waals surface area (Å²) in [6, 6.07) is 18.0.